The number of methoxy groups -OCH3 is 1. The molecule has 0 radical (unpaired) electrons. The zero-order valence-corrected chi connectivity index (χ0v) is 16.1. The first-order valence-corrected chi connectivity index (χ1v) is 9.48. The molecule has 0 spiro atoms. The Kier molecular flexibility index (Phi) is 5.02. The molecule has 0 bridgehead atoms. The van der Waals surface area contributed by atoms with Gasteiger partial charge >= 0.3 is 5.97 Å². The minimum Gasteiger partial charge on any atom is -0.481 e. The van der Waals surface area contributed by atoms with Crippen LogP contribution in [0.2, 0.25) is 0 Å². The molecule has 0 atom stereocenters. The van der Waals surface area contributed by atoms with Crippen LogP contribution in [0.3, 0.4) is 0 Å². The quantitative estimate of drug-likeness (QED) is 0.449. The van der Waals surface area contributed by atoms with Gasteiger partial charge < -0.3 is 14.0 Å². The first-order chi connectivity index (χ1) is 13.7. The van der Waals surface area contributed by atoms with Gasteiger partial charge in [0.2, 0.25) is 0 Å². The monoisotopic (exact) mass is 373 g/mol. The first kappa shape index (κ1) is 18.1. The lowest BCUT2D eigenvalue weighted by molar-refractivity contribution is -0.142. The van der Waals surface area contributed by atoms with Gasteiger partial charge in [-0.05, 0) is 29.5 Å². The van der Waals surface area contributed by atoms with Crippen LogP contribution in [-0.2, 0) is 22.5 Å². The van der Waals surface area contributed by atoms with Gasteiger partial charge in [-0.1, -0.05) is 61.5 Å². The summed E-state index contributed by atoms with van der Waals surface area (Å²) in [6.07, 6.45) is 0.909. The molecule has 0 saturated carbocycles. The van der Waals surface area contributed by atoms with Gasteiger partial charge in [-0.25, -0.2) is 4.79 Å². The smallest absolute Gasteiger partial charge is 0.343 e. The van der Waals surface area contributed by atoms with E-state index in [4.69, 9.17) is 9.47 Å². The Morgan fingerprint density at radius 3 is 2.46 bits per heavy atom. The fourth-order valence-electron chi connectivity index (χ4n) is 3.69. The average molecular weight is 373 g/mol. The van der Waals surface area contributed by atoms with E-state index in [1.54, 1.807) is 0 Å². The maximum Gasteiger partial charge on any atom is 0.343 e. The highest BCUT2D eigenvalue weighted by atomic mass is 16.6. The van der Waals surface area contributed by atoms with Crippen LogP contribution in [-0.4, -0.2) is 24.3 Å². The van der Waals surface area contributed by atoms with Gasteiger partial charge in [0, 0.05) is 23.0 Å². The second-order valence-electron chi connectivity index (χ2n) is 6.78. The third kappa shape index (κ3) is 3.33. The third-order valence-corrected chi connectivity index (χ3v) is 5.07. The predicted octanol–water partition coefficient (Wildman–Crippen LogP) is 4.96. The zero-order chi connectivity index (χ0) is 19.5. The van der Waals surface area contributed by atoms with E-state index in [-0.39, 0.29) is 12.6 Å². The van der Waals surface area contributed by atoms with Gasteiger partial charge in [0.25, 0.3) is 0 Å². The molecule has 0 fully saturated rings. The molecule has 1 aromatic heterocycles. The molecule has 0 N–H and O–H groups in total. The molecule has 3 aromatic carbocycles. The van der Waals surface area contributed by atoms with Crippen molar-refractivity contribution in [1.82, 2.24) is 4.57 Å². The van der Waals surface area contributed by atoms with Crippen LogP contribution in [0.5, 0.6) is 5.75 Å². The van der Waals surface area contributed by atoms with Crippen LogP contribution in [0, 0.1) is 0 Å². The summed E-state index contributed by atoms with van der Waals surface area (Å²) in [4.78, 5) is 11.6. The van der Waals surface area contributed by atoms with Crippen molar-refractivity contribution in [3.63, 3.8) is 0 Å². The summed E-state index contributed by atoms with van der Waals surface area (Å²) in [5.41, 5.74) is 3.62. The molecule has 1 heterocycles. The van der Waals surface area contributed by atoms with E-state index < -0.39 is 0 Å². The lowest BCUT2D eigenvalue weighted by Crippen LogP contribution is -2.12. The van der Waals surface area contributed by atoms with Gasteiger partial charge in [0.05, 0.1) is 12.6 Å². The van der Waals surface area contributed by atoms with E-state index in [0.29, 0.717) is 5.75 Å². The molecule has 4 rings (SSSR count). The number of fused-ring (bicyclic) bond motifs is 3. The van der Waals surface area contributed by atoms with E-state index >= 15 is 0 Å². The number of carbonyl (C=O) groups excluding carboxylic acids is 1. The van der Waals surface area contributed by atoms with Gasteiger partial charge in [0.1, 0.15) is 5.75 Å². The van der Waals surface area contributed by atoms with Crippen LogP contribution in [0.4, 0.5) is 0 Å². The largest absolute Gasteiger partial charge is 0.481 e. The number of hydrogen-bond acceptors (Lipinski definition) is 3. The summed E-state index contributed by atoms with van der Waals surface area (Å²) in [6.45, 7) is 2.85. The highest BCUT2D eigenvalue weighted by Crippen LogP contribution is 2.36. The Morgan fingerprint density at radius 2 is 1.71 bits per heavy atom. The highest BCUT2D eigenvalue weighted by molar-refractivity contribution is 6.09. The van der Waals surface area contributed by atoms with Gasteiger partial charge in [-0.2, -0.15) is 0 Å². The Balaban J connectivity index is 1.93. The van der Waals surface area contributed by atoms with Crippen molar-refractivity contribution < 1.29 is 14.3 Å². The summed E-state index contributed by atoms with van der Waals surface area (Å²) >= 11 is 0. The predicted molar refractivity (Wildman–Crippen MR) is 112 cm³/mol. The second kappa shape index (κ2) is 7.77. The van der Waals surface area contributed by atoms with Crippen LogP contribution in [0.1, 0.15) is 18.2 Å². The summed E-state index contributed by atoms with van der Waals surface area (Å²) in [5, 5.41) is 3.29. The second-order valence-corrected chi connectivity index (χ2v) is 6.78. The molecule has 28 heavy (non-hydrogen) atoms. The van der Waals surface area contributed by atoms with E-state index in [2.05, 4.69) is 60.0 Å². The summed E-state index contributed by atoms with van der Waals surface area (Å²) in [7, 11) is 1.37. The molecule has 0 amide bonds. The first-order valence-electron chi connectivity index (χ1n) is 9.48. The van der Waals surface area contributed by atoms with Crippen LogP contribution in [0.25, 0.3) is 21.7 Å². The molecule has 142 valence electrons. The molecular weight excluding hydrogens is 350 g/mol. The normalized spacial score (nSPS) is 11.1. The fraction of sp³-hybridized carbons (Fsp3) is 0.208. The molecular formula is C24H23NO3. The van der Waals surface area contributed by atoms with Crippen molar-refractivity contribution >= 4 is 27.6 Å². The lowest BCUT2D eigenvalue weighted by atomic mass is 10.1. The number of carbonyl (C=O) groups is 1. The minimum atomic E-state index is -0.388. The van der Waals surface area contributed by atoms with Crippen molar-refractivity contribution in [2.24, 2.45) is 0 Å². The number of aryl methyl sites for hydroxylation is 1. The number of nitrogens with zero attached hydrogens (tertiary/aromatic N) is 1. The van der Waals surface area contributed by atoms with Crippen LogP contribution in [0.15, 0.2) is 66.7 Å². The minimum absolute atomic E-state index is 0.102. The van der Waals surface area contributed by atoms with Crippen molar-refractivity contribution in [2.75, 3.05) is 13.7 Å². The number of esters is 1. The van der Waals surface area contributed by atoms with Gasteiger partial charge in [0.15, 0.2) is 6.61 Å². The standard InChI is InChI=1S/C24H23NO3/c1-3-19-14-21-22(28-16-23(26)27-2)13-18-11-7-8-12-20(18)24(21)25(19)15-17-9-5-4-6-10-17/h4-14H,3,15-16H2,1-2H3. The summed E-state index contributed by atoms with van der Waals surface area (Å²) in [5.74, 6) is 0.321. The molecule has 0 saturated heterocycles. The number of hydrogen-bond donors (Lipinski definition) is 0. The maximum atomic E-state index is 11.6. The summed E-state index contributed by atoms with van der Waals surface area (Å²) < 4.78 is 12.9. The highest BCUT2D eigenvalue weighted by Gasteiger charge is 2.16. The lowest BCUT2D eigenvalue weighted by Gasteiger charge is -2.13. The SMILES string of the molecule is CCc1cc2c(OCC(=O)OC)cc3ccccc3c2n1Cc1ccccc1. The zero-order valence-electron chi connectivity index (χ0n) is 16.1. The molecule has 0 aliphatic carbocycles. The molecule has 4 heteroatoms. The average Bonchev–Trinajstić information content (AvgIpc) is 3.11. The Hall–Kier alpha value is -3.27. The third-order valence-electron chi connectivity index (χ3n) is 5.07. The molecule has 0 aliphatic rings. The van der Waals surface area contributed by atoms with Crippen LogP contribution >= 0.6 is 0 Å². The van der Waals surface area contributed by atoms with Crippen molar-refractivity contribution in [2.45, 2.75) is 19.9 Å². The number of ether oxygens (including phenoxy) is 2. The van der Waals surface area contributed by atoms with Gasteiger partial charge in [-0.15, -0.1) is 0 Å². The Bertz CT molecular complexity index is 1130. The Labute approximate surface area is 164 Å². The summed E-state index contributed by atoms with van der Waals surface area (Å²) in [6, 6.07) is 22.9. The van der Waals surface area contributed by atoms with Crippen molar-refractivity contribution in [3.8, 4) is 5.75 Å². The topological polar surface area (TPSA) is 40.5 Å². The molecule has 4 aromatic rings. The van der Waals surface area contributed by atoms with E-state index in [1.807, 2.05) is 18.2 Å². The number of rotatable bonds is 6. The molecule has 4 nitrogen and oxygen atoms in total. The van der Waals surface area contributed by atoms with E-state index in [1.165, 1.54) is 23.8 Å². The number of benzene rings is 3. The van der Waals surface area contributed by atoms with Crippen molar-refractivity contribution in [3.05, 3.63) is 78.0 Å². The van der Waals surface area contributed by atoms with Crippen LogP contribution < -0.4 is 4.74 Å². The number of aromatic nitrogens is 1. The van der Waals surface area contributed by atoms with E-state index in [9.17, 15) is 4.79 Å². The fourth-order valence-corrected chi connectivity index (χ4v) is 3.69. The molecule has 0 aliphatic heterocycles. The van der Waals surface area contributed by atoms with E-state index in [0.717, 1.165) is 29.3 Å². The Morgan fingerprint density at radius 1 is 0.964 bits per heavy atom. The van der Waals surface area contributed by atoms with Gasteiger partial charge in [-0.3, -0.25) is 0 Å². The van der Waals surface area contributed by atoms with Crippen molar-refractivity contribution in [1.29, 1.82) is 0 Å². The maximum absolute atomic E-state index is 11.6. The molecule has 0 unspecified atom stereocenters.